The van der Waals surface area contributed by atoms with Gasteiger partial charge in [-0.25, -0.2) is 0 Å². The third-order valence-corrected chi connectivity index (χ3v) is 3.55. The lowest BCUT2D eigenvalue weighted by Gasteiger charge is -2.24. The van der Waals surface area contributed by atoms with Gasteiger partial charge in [-0.15, -0.1) is 0 Å². The summed E-state index contributed by atoms with van der Waals surface area (Å²) in [6.45, 7) is 4.11. The monoisotopic (exact) mass is 281 g/mol. The lowest BCUT2D eigenvalue weighted by atomic mass is 10.2. The number of esters is 1. The van der Waals surface area contributed by atoms with Crippen molar-refractivity contribution < 1.29 is 14.3 Å². The van der Waals surface area contributed by atoms with Gasteiger partial charge < -0.3 is 9.47 Å². The molecule has 1 aromatic heterocycles. The van der Waals surface area contributed by atoms with Crippen LogP contribution in [0.25, 0.3) is 0 Å². The Bertz CT molecular complexity index is 388. The van der Waals surface area contributed by atoms with E-state index in [0.29, 0.717) is 19.1 Å². The molecule has 0 radical (unpaired) electrons. The number of methoxy groups -OCH3 is 1. The Labute approximate surface area is 119 Å². The standard InChI is InChI=1S/C14H23N3O3/c1-19-14(18)5-8-16(12-13-4-2-11-20-13)9-10-17-7-3-6-15-17/h3,6-7,13H,2,4-5,8-12H2,1H3. The molecular weight excluding hydrogens is 258 g/mol. The molecule has 0 N–H and O–H groups in total. The molecule has 0 aromatic carbocycles. The zero-order valence-electron chi connectivity index (χ0n) is 12.0. The van der Waals surface area contributed by atoms with Crippen molar-refractivity contribution in [3.63, 3.8) is 0 Å². The van der Waals surface area contributed by atoms with Gasteiger partial charge in [0.05, 0.1) is 26.2 Å². The highest BCUT2D eigenvalue weighted by Gasteiger charge is 2.19. The fraction of sp³-hybridized carbons (Fsp3) is 0.714. The molecule has 0 amide bonds. The molecule has 6 heteroatoms. The first kappa shape index (κ1) is 15.0. The van der Waals surface area contributed by atoms with Crippen LogP contribution in [-0.4, -0.2) is 60.1 Å². The highest BCUT2D eigenvalue weighted by molar-refractivity contribution is 5.69. The summed E-state index contributed by atoms with van der Waals surface area (Å²) < 4.78 is 12.3. The second-order valence-electron chi connectivity index (χ2n) is 5.03. The summed E-state index contributed by atoms with van der Waals surface area (Å²) in [6, 6.07) is 1.92. The molecule has 1 aliphatic rings. The molecule has 1 atom stereocenters. The number of nitrogens with zero attached hydrogens (tertiary/aromatic N) is 3. The van der Waals surface area contributed by atoms with Crippen LogP contribution >= 0.6 is 0 Å². The van der Waals surface area contributed by atoms with Gasteiger partial charge in [0.1, 0.15) is 0 Å². The second-order valence-corrected chi connectivity index (χ2v) is 5.03. The maximum Gasteiger partial charge on any atom is 0.306 e. The van der Waals surface area contributed by atoms with Gasteiger partial charge in [-0.05, 0) is 18.9 Å². The van der Waals surface area contributed by atoms with Crippen molar-refractivity contribution in [1.82, 2.24) is 14.7 Å². The number of hydrogen-bond acceptors (Lipinski definition) is 5. The summed E-state index contributed by atoms with van der Waals surface area (Å²) in [5.41, 5.74) is 0. The van der Waals surface area contributed by atoms with Crippen LogP contribution in [0.4, 0.5) is 0 Å². The van der Waals surface area contributed by atoms with E-state index in [0.717, 1.165) is 39.1 Å². The van der Waals surface area contributed by atoms with E-state index in [9.17, 15) is 4.79 Å². The van der Waals surface area contributed by atoms with Crippen LogP contribution in [0.15, 0.2) is 18.5 Å². The molecule has 20 heavy (non-hydrogen) atoms. The van der Waals surface area contributed by atoms with E-state index >= 15 is 0 Å². The average Bonchev–Trinajstić information content (AvgIpc) is 3.14. The number of rotatable bonds is 8. The summed E-state index contributed by atoms with van der Waals surface area (Å²) in [6.07, 6.45) is 6.68. The zero-order chi connectivity index (χ0) is 14.2. The van der Waals surface area contributed by atoms with Gasteiger partial charge in [-0.1, -0.05) is 0 Å². The first-order valence-electron chi connectivity index (χ1n) is 7.16. The molecule has 112 valence electrons. The summed E-state index contributed by atoms with van der Waals surface area (Å²) in [4.78, 5) is 13.5. The molecule has 1 aliphatic heterocycles. The summed E-state index contributed by atoms with van der Waals surface area (Å²) in [5.74, 6) is -0.165. The normalized spacial score (nSPS) is 18.6. The fourth-order valence-corrected chi connectivity index (χ4v) is 2.40. The van der Waals surface area contributed by atoms with Gasteiger partial charge in [0.15, 0.2) is 0 Å². The second kappa shape index (κ2) is 8.01. The van der Waals surface area contributed by atoms with Crippen LogP contribution in [0.5, 0.6) is 0 Å². The van der Waals surface area contributed by atoms with Crippen LogP contribution in [0.3, 0.4) is 0 Å². The van der Waals surface area contributed by atoms with Crippen molar-refractivity contribution in [3.8, 4) is 0 Å². The van der Waals surface area contributed by atoms with E-state index in [1.54, 1.807) is 6.20 Å². The molecule has 6 nitrogen and oxygen atoms in total. The largest absolute Gasteiger partial charge is 0.469 e. The number of carbonyl (C=O) groups is 1. The summed E-state index contributed by atoms with van der Waals surface area (Å²) in [5, 5.41) is 4.20. The minimum Gasteiger partial charge on any atom is -0.469 e. The van der Waals surface area contributed by atoms with Crippen molar-refractivity contribution in [3.05, 3.63) is 18.5 Å². The first-order chi connectivity index (χ1) is 9.78. The van der Waals surface area contributed by atoms with Gasteiger partial charge in [0.2, 0.25) is 0 Å². The molecule has 0 bridgehead atoms. The Kier molecular flexibility index (Phi) is 6.01. The van der Waals surface area contributed by atoms with Crippen molar-refractivity contribution in [2.45, 2.75) is 31.9 Å². The van der Waals surface area contributed by atoms with E-state index in [4.69, 9.17) is 9.47 Å². The molecule has 1 aromatic rings. The van der Waals surface area contributed by atoms with Crippen LogP contribution in [0.2, 0.25) is 0 Å². The Morgan fingerprint density at radius 2 is 2.45 bits per heavy atom. The lowest BCUT2D eigenvalue weighted by Crippen LogP contribution is -2.36. The Morgan fingerprint density at radius 3 is 3.10 bits per heavy atom. The molecule has 0 saturated carbocycles. The maximum absolute atomic E-state index is 11.3. The maximum atomic E-state index is 11.3. The average molecular weight is 281 g/mol. The molecule has 0 aliphatic carbocycles. The van der Waals surface area contributed by atoms with E-state index in [2.05, 4.69) is 10.00 Å². The topological polar surface area (TPSA) is 56.6 Å². The molecular formula is C14H23N3O3. The summed E-state index contributed by atoms with van der Waals surface area (Å²) in [7, 11) is 1.43. The van der Waals surface area contributed by atoms with Gasteiger partial charge in [0.25, 0.3) is 0 Å². The predicted molar refractivity (Wildman–Crippen MR) is 74.3 cm³/mol. The third kappa shape index (κ3) is 4.94. The van der Waals surface area contributed by atoms with Crippen LogP contribution in [0, 0.1) is 0 Å². The molecule has 0 spiro atoms. The quantitative estimate of drug-likeness (QED) is 0.663. The third-order valence-electron chi connectivity index (χ3n) is 3.55. The number of hydrogen-bond donors (Lipinski definition) is 0. The van der Waals surface area contributed by atoms with Gasteiger partial charge >= 0.3 is 5.97 Å². The van der Waals surface area contributed by atoms with Crippen LogP contribution in [0.1, 0.15) is 19.3 Å². The minimum absolute atomic E-state index is 0.165. The SMILES string of the molecule is COC(=O)CCN(CCn1cccn1)CC1CCCO1. The van der Waals surface area contributed by atoms with Crippen molar-refractivity contribution in [2.75, 3.05) is 33.4 Å². The molecule has 2 rings (SSSR count). The fourth-order valence-electron chi connectivity index (χ4n) is 2.40. The van der Waals surface area contributed by atoms with E-state index in [1.165, 1.54) is 7.11 Å². The van der Waals surface area contributed by atoms with E-state index < -0.39 is 0 Å². The van der Waals surface area contributed by atoms with Crippen molar-refractivity contribution in [2.24, 2.45) is 0 Å². The summed E-state index contributed by atoms with van der Waals surface area (Å²) >= 11 is 0. The van der Waals surface area contributed by atoms with Gasteiger partial charge in [-0.3, -0.25) is 14.4 Å². The van der Waals surface area contributed by atoms with E-state index in [-0.39, 0.29) is 5.97 Å². The molecule has 1 saturated heterocycles. The Morgan fingerprint density at radius 1 is 1.55 bits per heavy atom. The predicted octanol–water partition coefficient (Wildman–Crippen LogP) is 0.927. The zero-order valence-corrected chi connectivity index (χ0v) is 12.0. The van der Waals surface area contributed by atoms with Gasteiger partial charge in [-0.2, -0.15) is 5.10 Å². The highest BCUT2D eigenvalue weighted by Crippen LogP contribution is 2.13. The molecule has 1 fully saturated rings. The molecule has 2 heterocycles. The van der Waals surface area contributed by atoms with Crippen molar-refractivity contribution >= 4 is 5.97 Å². The van der Waals surface area contributed by atoms with Crippen molar-refractivity contribution in [1.29, 1.82) is 0 Å². The Hall–Kier alpha value is -1.40. The smallest absolute Gasteiger partial charge is 0.306 e. The lowest BCUT2D eigenvalue weighted by molar-refractivity contribution is -0.141. The van der Waals surface area contributed by atoms with Crippen LogP contribution in [-0.2, 0) is 20.8 Å². The Balaban J connectivity index is 1.79. The van der Waals surface area contributed by atoms with E-state index in [1.807, 2.05) is 16.9 Å². The number of aromatic nitrogens is 2. The van der Waals surface area contributed by atoms with Crippen LogP contribution < -0.4 is 0 Å². The van der Waals surface area contributed by atoms with Gasteiger partial charge in [0, 0.05) is 38.6 Å². The highest BCUT2D eigenvalue weighted by atomic mass is 16.5. The minimum atomic E-state index is -0.165. The molecule has 1 unspecified atom stereocenters. The number of carbonyl (C=O) groups excluding carboxylic acids is 1. The number of ether oxygens (including phenoxy) is 2. The first-order valence-corrected chi connectivity index (χ1v) is 7.16.